The first-order chi connectivity index (χ1) is 15.3. The van der Waals surface area contributed by atoms with E-state index in [1.165, 1.54) is 16.3 Å². The minimum Gasteiger partial charge on any atom is -0.457 e. The highest BCUT2D eigenvalue weighted by Gasteiger charge is 2.22. The van der Waals surface area contributed by atoms with E-state index in [2.05, 4.69) is 76.2 Å². The van der Waals surface area contributed by atoms with Gasteiger partial charge < -0.3 is 8.83 Å². The van der Waals surface area contributed by atoms with Gasteiger partial charge in [0.2, 0.25) is 0 Å². The van der Waals surface area contributed by atoms with Crippen molar-refractivity contribution >= 4 is 43.7 Å². The molecule has 0 amide bonds. The van der Waals surface area contributed by atoms with Crippen LogP contribution in [0.2, 0.25) is 0 Å². The third-order valence-corrected chi connectivity index (χ3v) is 6.64. The largest absolute Gasteiger partial charge is 0.457 e. The van der Waals surface area contributed by atoms with Crippen molar-refractivity contribution in [3.63, 3.8) is 0 Å². The average molecular weight is 420 g/mol. The molecule has 3 aromatic heterocycles. The Hall–Kier alpha value is -3.59. The van der Waals surface area contributed by atoms with Crippen LogP contribution in [0.15, 0.2) is 69.6 Å². The molecule has 0 bridgehead atoms. The molecule has 0 aliphatic carbocycles. The summed E-state index contributed by atoms with van der Waals surface area (Å²) in [4.78, 5) is 4.78. The van der Waals surface area contributed by atoms with Crippen molar-refractivity contribution < 1.29 is 8.83 Å². The Morgan fingerprint density at radius 2 is 1.44 bits per heavy atom. The van der Waals surface area contributed by atoms with E-state index < -0.39 is 0 Å². The maximum atomic E-state index is 6.50. The lowest BCUT2D eigenvalue weighted by Crippen LogP contribution is -2.12. The monoisotopic (exact) mass is 419 g/mol. The highest BCUT2D eigenvalue weighted by molar-refractivity contribution is 6.16. The zero-order chi connectivity index (χ0) is 22.2. The van der Waals surface area contributed by atoms with Gasteiger partial charge in [-0.2, -0.15) is 0 Å². The molecular formula is C29H25NO2. The van der Waals surface area contributed by atoms with Crippen molar-refractivity contribution in [1.29, 1.82) is 0 Å². The van der Waals surface area contributed by atoms with E-state index in [0.717, 1.165) is 55.5 Å². The second-order valence-electron chi connectivity index (χ2n) is 9.74. The van der Waals surface area contributed by atoms with Gasteiger partial charge in [-0.15, -0.1) is 0 Å². The Bertz CT molecular complexity index is 1680. The molecule has 158 valence electrons. The molecule has 6 aromatic rings. The van der Waals surface area contributed by atoms with Crippen LogP contribution >= 0.6 is 0 Å². The highest BCUT2D eigenvalue weighted by atomic mass is 16.4. The van der Waals surface area contributed by atoms with Gasteiger partial charge in [0.25, 0.3) is 0 Å². The minimum atomic E-state index is 0.00672. The van der Waals surface area contributed by atoms with Crippen molar-refractivity contribution in [3.8, 4) is 11.3 Å². The SMILES string of the molecule is Cc1oc2c(ccc3c4ccnc(-c5cc(C(C)(C)C)c6ccccc6c5)c4oc32)c1C. The molecule has 0 saturated carbocycles. The summed E-state index contributed by atoms with van der Waals surface area (Å²) in [6, 6.07) is 19.4. The van der Waals surface area contributed by atoms with Gasteiger partial charge in [0, 0.05) is 27.9 Å². The first-order valence-corrected chi connectivity index (χ1v) is 11.1. The molecule has 0 aliphatic heterocycles. The lowest BCUT2D eigenvalue weighted by molar-refractivity contribution is 0.566. The Morgan fingerprint density at radius 1 is 0.719 bits per heavy atom. The first kappa shape index (κ1) is 19.1. The number of hydrogen-bond donors (Lipinski definition) is 0. The van der Waals surface area contributed by atoms with E-state index in [1.807, 2.05) is 19.2 Å². The molecule has 0 fully saturated rings. The number of aromatic nitrogens is 1. The summed E-state index contributed by atoms with van der Waals surface area (Å²) in [5.41, 5.74) is 6.81. The maximum Gasteiger partial charge on any atom is 0.178 e. The zero-order valence-electron chi connectivity index (χ0n) is 19.0. The fraction of sp³-hybridized carbons (Fsp3) is 0.207. The third-order valence-electron chi connectivity index (χ3n) is 6.64. The fourth-order valence-corrected chi connectivity index (χ4v) is 4.83. The van der Waals surface area contributed by atoms with Crippen LogP contribution in [-0.2, 0) is 5.41 Å². The highest BCUT2D eigenvalue weighted by Crippen LogP contribution is 2.41. The average Bonchev–Trinajstić information content (AvgIpc) is 3.29. The molecular weight excluding hydrogens is 394 g/mol. The second-order valence-corrected chi connectivity index (χ2v) is 9.74. The molecule has 3 aromatic carbocycles. The number of rotatable bonds is 1. The van der Waals surface area contributed by atoms with Gasteiger partial charge in [-0.1, -0.05) is 45.0 Å². The molecule has 3 heteroatoms. The standard InChI is InChI=1S/C29H25NO2/c1-16-17(2)31-27-20(16)10-11-22-23-12-13-30-25(26(23)32-28(22)27)19-14-18-8-6-7-9-21(18)24(15-19)29(3,4)5/h6-15H,1-5H3. The van der Waals surface area contributed by atoms with Gasteiger partial charge in [0.1, 0.15) is 11.5 Å². The molecule has 0 aliphatic rings. The number of furan rings is 2. The number of benzene rings is 3. The van der Waals surface area contributed by atoms with E-state index in [4.69, 9.17) is 13.8 Å². The van der Waals surface area contributed by atoms with Crippen LogP contribution in [0.3, 0.4) is 0 Å². The van der Waals surface area contributed by atoms with Crippen LogP contribution < -0.4 is 0 Å². The summed E-state index contributed by atoms with van der Waals surface area (Å²) in [5.74, 6) is 0.927. The smallest absolute Gasteiger partial charge is 0.178 e. The molecule has 32 heavy (non-hydrogen) atoms. The van der Waals surface area contributed by atoms with E-state index in [1.54, 1.807) is 0 Å². The van der Waals surface area contributed by atoms with Gasteiger partial charge in [-0.25, -0.2) is 0 Å². The predicted octanol–water partition coefficient (Wildman–Crippen LogP) is 8.46. The summed E-state index contributed by atoms with van der Waals surface area (Å²) >= 11 is 0. The Morgan fingerprint density at radius 3 is 2.25 bits per heavy atom. The molecule has 0 saturated heterocycles. The van der Waals surface area contributed by atoms with Crippen LogP contribution in [0.4, 0.5) is 0 Å². The zero-order valence-corrected chi connectivity index (χ0v) is 19.0. The van der Waals surface area contributed by atoms with Gasteiger partial charge in [0.05, 0.1) is 0 Å². The first-order valence-electron chi connectivity index (χ1n) is 11.1. The molecule has 0 atom stereocenters. The minimum absolute atomic E-state index is 0.00672. The Kier molecular flexibility index (Phi) is 3.86. The number of aryl methyl sites for hydroxylation is 2. The van der Waals surface area contributed by atoms with Gasteiger partial charge in [-0.05, 0) is 71.5 Å². The summed E-state index contributed by atoms with van der Waals surface area (Å²) in [6.45, 7) is 10.9. The molecule has 3 heterocycles. The molecule has 0 N–H and O–H groups in total. The number of hydrogen-bond acceptors (Lipinski definition) is 3. The molecule has 3 nitrogen and oxygen atoms in total. The molecule has 0 unspecified atom stereocenters. The van der Waals surface area contributed by atoms with E-state index >= 15 is 0 Å². The summed E-state index contributed by atoms with van der Waals surface area (Å²) in [5, 5.41) is 5.71. The van der Waals surface area contributed by atoms with E-state index in [9.17, 15) is 0 Å². The van der Waals surface area contributed by atoms with Crippen LogP contribution in [0.1, 0.15) is 37.7 Å². The summed E-state index contributed by atoms with van der Waals surface area (Å²) < 4.78 is 12.6. The van der Waals surface area contributed by atoms with Crippen molar-refractivity contribution in [3.05, 3.63) is 77.7 Å². The van der Waals surface area contributed by atoms with Crippen molar-refractivity contribution in [2.75, 3.05) is 0 Å². The van der Waals surface area contributed by atoms with Gasteiger partial charge in [0.15, 0.2) is 16.7 Å². The summed E-state index contributed by atoms with van der Waals surface area (Å²) in [7, 11) is 0. The second kappa shape index (κ2) is 6.46. The Balaban J connectivity index is 1.70. The number of pyridine rings is 1. The van der Waals surface area contributed by atoms with Crippen LogP contribution in [0, 0.1) is 13.8 Å². The maximum absolute atomic E-state index is 6.50. The van der Waals surface area contributed by atoms with Crippen molar-refractivity contribution in [2.24, 2.45) is 0 Å². The van der Waals surface area contributed by atoms with Gasteiger partial charge >= 0.3 is 0 Å². The lowest BCUT2D eigenvalue weighted by Gasteiger charge is -2.22. The van der Waals surface area contributed by atoms with Crippen LogP contribution in [0.5, 0.6) is 0 Å². The summed E-state index contributed by atoms with van der Waals surface area (Å²) in [6.07, 6.45) is 1.88. The number of fused-ring (bicyclic) bond motifs is 6. The lowest BCUT2D eigenvalue weighted by atomic mass is 9.82. The predicted molar refractivity (Wildman–Crippen MR) is 132 cm³/mol. The topological polar surface area (TPSA) is 39.2 Å². The molecule has 0 spiro atoms. The fourth-order valence-electron chi connectivity index (χ4n) is 4.83. The quantitative estimate of drug-likeness (QED) is 0.268. The number of nitrogens with zero attached hydrogens (tertiary/aromatic N) is 1. The molecule has 6 rings (SSSR count). The van der Waals surface area contributed by atoms with Gasteiger partial charge in [-0.3, -0.25) is 4.98 Å². The normalized spacial score (nSPS) is 12.5. The molecule has 0 radical (unpaired) electrons. The van der Waals surface area contributed by atoms with Crippen LogP contribution in [-0.4, -0.2) is 4.98 Å². The van der Waals surface area contributed by atoms with Crippen molar-refractivity contribution in [1.82, 2.24) is 4.98 Å². The van der Waals surface area contributed by atoms with E-state index in [0.29, 0.717) is 0 Å². The third kappa shape index (κ3) is 2.64. The van der Waals surface area contributed by atoms with Crippen LogP contribution in [0.25, 0.3) is 54.9 Å². The van der Waals surface area contributed by atoms with Crippen molar-refractivity contribution in [2.45, 2.75) is 40.0 Å². The van der Waals surface area contributed by atoms with E-state index in [-0.39, 0.29) is 5.41 Å². The Labute approximate surface area is 186 Å².